The van der Waals surface area contributed by atoms with Gasteiger partial charge in [-0.2, -0.15) is 0 Å². The first-order chi connectivity index (χ1) is 14.1. The molecule has 1 aliphatic carbocycles. The fourth-order valence-electron chi connectivity index (χ4n) is 4.95. The van der Waals surface area contributed by atoms with E-state index in [4.69, 9.17) is 13.6 Å². The molecule has 0 saturated carbocycles. The van der Waals surface area contributed by atoms with Gasteiger partial charge in [0.2, 0.25) is 9.04 Å². The Hall–Kier alpha value is -1.05. The molecule has 166 valence electrons. The van der Waals surface area contributed by atoms with E-state index in [1.807, 2.05) is 0 Å². The van der Waals surface area contributed by atoms with Crippen molar-refractivity contribution in [1.29, 1.82) is 0 Å². The molecule has 30 heavy (non-hydrogen) atoms. The number of aryl methyl sites for hydroxylation is 1. The predicted octanol–water partition coefficient (Wildman–Crippen LogP) is 6.91. The van der Waals surface area contributed by atoms with E-state index < -0.39 is 18.1 Å². The van der Waals surface area contributed by atoms with Gasteiger partial charge >= 0.3 is 0 Å². The molecule has 0 bridgehead atoms. The minimum absolute atomic E-state index is 0.217. The van der Waals surface area contributed by atoms with Crippen LogP contribution >= 0.6 is 0 Å². The van der Waals surface area contributed by atoms with E-state index in [9.17, 15) is 0 Å². The summed E-state index contributed by atoms with van der Waals surface area (Å²) >= 11 is 0. The molecule has 3 atom stereocenters. The molecule has 1 heterocycles. The Bertz CT molecular complexity index is 753. The van der Waals surface area contributed by atoms with Crippen LogP contribution in [0.3, 0.4) is 0 Å². The lowest BCUT2D eigenvalue weighted by atomic mass is 9.67. The zero-order valence-corrected chi connectivity index (χ0v) is 22.2. The summed E-state index contributed by atoms with van der Waals surface area (Å²) in [7, 11) is -1.61. The number of allylic oxidation sites excluding steroid dienone is 1. The molecule has 1 aromatic rings. The molecule has 2 aliphatic rings. The highest BCUT2D eigenvalue weighted by atomic mass is 28.3. The minimum atomic E-state index is -0.863. The second-order valence-electron chi connectivity index (χ2n) is 9.97. The Balaban J connectivity index is 2.05. The van der Waals surface area contributed by atoms with Crippen molar-refractivity contribution in [1.82, 2.24) is 0 Å². The van der Waals surface area contributed by atoms with E-state index in [-0.39, 0.29) is 11.7 Å². The molecular weight excluding hydrogens is 404 g/mol. The van der Waals surface area contributed by atoms with Gasteiger partial charge in [0.15, 0.2) is 0 Å². The third-order valence-electron chi connectivity index (χ3n) is 6.38. The average molecular weight is 445 g/mol. The third kappa shape index (κ3) is 5.22. The Morgan fingerprint density at radius 2 is 1.83 bits per heavy atom. The molecule has 1 aliphatic heterocycles. The summed E-state index contributed by atoms with van der Waals surface area (Å²) in [6.07, 6.45) is 8.50. The van der Waals surface area contributed by atoms with Crippen LogP contribution in [-0.2, 0) is 10.8 Å². The Morgan fingerprint density at radius 3 is 2.47 bits per heavy atom. The number of hydrogen-bond acceptors (Lipinski definition) is 3. The van der Waals surface area contributed by atoms with Crippen LogP contribution in [0.1, 0.15) is 70.4 Å². The Morgan fingerprint density at radius 1 is 1.10 bits per heavy atom. The summed E-state index contributed by atoms with van der Waals surface area (Å²) in [4.78, 5) is 0. The molecule has 0 N–H and O–H groups in total. The van der Waals surface area contributed by atoms with E-state index in [1.54, 1.807) is 0 Å². The SMILES string of the molecule is CCCCCc1cc(O[Si](C)C)c2c(c1)OC(C)(C)C1CC(O[Si](C)C)C(C)=CC21. The monoisotopic (exact) mass is 444 g/mol. The first kappa shape index (κ1) is 23.6. The molecule has 0 saturated heterocycles. The maximum absolute atomic E-state index is 6.70. The minimum Gasteiger partial charge on any atom is -0.542 e. The van der Waals surface area contributed by atoms with E-state index in [2.05, 4.69) is 72.1 Å². The largest absolute Gasteiger partial charge is 0.542 e. The molecule has 0 spiro atoms. The van der Waals surface area contributed by atoms with E-state index in [1.165, 1.54) is 36.0 Å². The first-order valence-corrected chi connectivity index (χ1v) is 16.4. The molecule has 3 unspecified atom stereocenters. The summed E-state index contributed by atoms with van der Waals surface area (Å²) in [6.45, 7) is 17.9. The number of rotatable bonds is 8. The quantitative estimate of drug-likeness (QED) is 0.248. The zero-order chi connectivity index (χ0) is 22.1. The number of fused-ring (bicyclic) bond motifs is 3. The van der Waals surface area contributed by atoms with Crippen LogP contribution in [0.5, 0.6) is 11.5 Å². The van der Waals surface area contributed by atoms with E-state index in [0.29, 0.717) is 11.8 Å². The van der Waals surface area contributed by atoms with Crippen LogP contribution in [0.4, 0.5) is 0 Å². The lowest BCUT2D eigenvalue weighted by molar-refractivity contribution is -0.00567. The Labute approximate surface area is 187 Å². The second kappa shape index (κ2) is 9.62. The van der Waals surface area contributed by atoms with Gasteiger partial charge in [0.1, 0.15) is 17.1 Å². The zero-order valence-electron chi connectivity index (χ0n) is 20.2. The van der Waals surface area contributed by atoms with Crippen molar-refractivity contribution < 1.29 is 13.6 Å². The van der Waals surface area contributed by atoms with Crippen LogP contribution in [-0.4, -0.2) is 29.8 Å². The predicted molar refractivity (Wildman–Crippen MR) is 129 cm³/mol. The second-order valence-corrected chi connectivity index (χ2v) is 14.0. The molecule has 0 aromatic heterocycles. The summed E-state index contributed by atoms with van der Waals surface area (Å²) in [6, 6.07) is 4.59. The van der Waals surface area contributed by atoms with Crippen LogP contribution in [0.2, 0.25) is 26.2 Å². The lowest BCUT2D eigenvalue weighted by Gasteiger charge is -2.48. The molecule has 2 radical (unpaired) electrons. The van der Waals surface area contributed by atoms with Crippen LogP contribution in [0, 0.1) is 5.92 Å². The van der Waals surface area contributed by atoms with Crippen molar-refractivity contribution in [2.24, 2.45) is 5.92 Å². The standard InChI is InChI=1S/C25H40O3Si2/c1-9-10-11-12-18-14-22-24(23(15-18)28-30(7)8)19-13-17(2)21(27-29(5)6)16-20(19)25(3,4)26-22/h13-15,19-21H,9-12,16H2,1-8H3. The van der Waals surface area contributed by atoms with Gasteiger partial charge < -0.3 is 13.6 Å². The van der Waals surface area contributed by atoms with Crippen molar-refractivity contribution in [3.63, 3.8) is 0 Å². The highest BCUT2D eigenvalue weighted by Crippen LogP contribution is 2.54. The van der Waals surface area contributed by atoms with Crippen LogP contribution in [0.15, 0.2) is 23.8 Å². The molecular formula is C25H40O3Si2. The fraction of sp³-hybridized carbons (Fsp3) is 0.680. The summed E-state index contributed by atoms with van der Waals surface area (Å²) in [5.74, 6) is 2.81. The molecule has 5 heteroatoms. The normalized spacial score (nSPS) is 24.9. The summed E-state index contributed by atoms with van der Waals surface area (Å²) < 4.78 is 19.5. The van der Waals surface area contributed by atoms with Gasteiger partial charge in [-0.15, -0.1) is 0 Å². The number of hydrogen-bond donors (Lipinski definition) is 0. The summed E-state index contributed by atoms with van der Waals surface area (Å²) in [5, 5.41) is 0. The van der Waals surface area contributed by atoms with Crippen molar-refractivity contribution in [3.8, 4) is 11.5 Å². The van der Waals surface area contributed by atoms with Gasteiger partial charge in [-0.1, -0.05) is 25.8 Å². The summed E-state index contributed by atoms with van der Waals surface area (Å²) in [5.41, 5.74) is 3.75. The molecule has 0 amide bonds. The lowest BCUT2D eigenvalue weighted by Crippen LogP contribution is -2.48. The van der Waals surface area contributed by atoms with Gasteiger partial charge in [0, 0.05) is 17.4 Å². The first-order valence-electron chi connectivity index (χ1n) is 11.6. The van der Waals surface area contributed by atoms with Crippen LogP contribution < -0.4 is 9.16 Å². The topological polar surface area (TPSA) is 27.7 Å². The highest BCUT2D eigenvalue weighted by Gasteiger charge is 2.47. The van der Waals surface area contributed by atoms with Gasteiger partial charge in [-0.3, -0.25) is 0 Å². The van der Waals surface area contributed by atoms with Crippen LogP contribution in [0.25, 0.3) is 0 Å². The third-order valence-corrected chi connectivity index (χ3v) is 7.76. The number of ether oxygens (including phenoxy) is 1. The number of unbranched alkanes of at least 4 members (excludes halogenated alkanes) is 2. The molecule has 3 rings (SSSR count). The highest BCUT2D eigenvalue weighted by molar-refractivity contribution is 6.49. The molecule has 1 aromatic carbocycles. The smallest absolute Gasteiger partial charge is 0.274 e. The van der Waals surface area contributed by atoms with E-state index in [0.717, 1.165) is 24.3 Å². The van der Waals surface area contributed by atoms with Gasteiger partial charge in [0.05, 0.1) is 6.10 Å². The average Bonchev–Trinajstić information content (AvgIpc) is 2.61. The van der Waals surface area contributed by atoms with Crippen molar-refractivity contribution in [2.45, 2.75) is 104 Å². The van der Waals surface area contributed by atoms with Crippen molar-refractivity contribution in [3.05, 3.63) is 34.9 Å². The maximum atomic E-state index is 6.70. The number of benzene rings is 1. The maximum Gasteiger partial charge on any atom is 0.274 e. The van der Waals surface area contributed by atoms with Gasteiger partial charge in [0.25, 0.3) is 9.04 Å². The van der Waals surface area contributed by atoms with Gasteiger partial charge in [-0.05, 0) is 89.5 Å². The van der Waals surface area contributed by atoms with Gasteiger partial charge in [-0.25, -0.2) is 0 Å². The molecule has 3 nitrogen and oxygen atoms in total. The Kier molecular flexibility index (Phi) is 7.57. The van der Waals surface area contributed by atoms with Crippen molar-refractivity contribution >= 4 is 18.1 Å². The van der Waals surface area contributed by atoms with Crippen molar-refractivity contribution in [2.75, 3.05) is 0 Å². The fourth-order valence-corrected chi connectivity index (χ4v) is 6.41. The van der Waals surface area contributed by atoms with E-state index >= 15 is 0 Å². The molecule has 0 fully saturated rings.